The third-order valence-electron chi connectivity index (χ3n) is 15.7. The molecule has 1 heterocycles. The number of aromatic nitrogens is 1. The van der Waals surface area contributed by atoms with E-state index in [9.17, 15) is 14.7 Å². The maximum absolute atomic E-state index is 14.4. The molecule has 48 heavy (non-hydrogen) atoms. The SMILES string of the molecule is C=C(C)[C@@H]1CC[C@]2(C(=O)NCc3cccnc3)CC[C@]3(C)[C@H](CC[C@@H]4[C@@]5(C)CC=C(c6ccc(C(=O)O)cc6)C(C)(C)[C@@H]5CC[C@]43C)[C@@H]12. The highest BCUT2D eigenvalue weighted by Gasteiger charge is 2.71. The maximum Gasteiger partial charge on any atom is 0.335 e. The summed E-state index contributed by atoms with van der Waals surface area (Å²) in [4.78, 5) is 30.2. The smallest absolute Gasteiger partial charge is 0.335 e. The molecule has 5 aliphatic rings. The van der Waals surface area contributed by atoms with E-state index in [0.29, 0.717) is 41.7 Å². The van der Waals surface area contributed by atoms with E-state index in [1.807, 2.05) is 30.5 Å². The van der Waals surface area contributed by atoms with Crippen LogP contribution in [0.4, 0.5) is 0 Å². The van der Waals surface area contributed by atoms with Crippen LogP contribution in [0.3, 0.4) is 0 Å². The number of amides is 1. The Hall–Kier alpha value is -3.21. The Morgan fingerprint density at radius 1 is 0.917 bits per heavy atom. The number of benzene rings is 1. The molecule has 1 aromatic carbocycles. The van der Waals surface area contributed by atoms with Crippen LogP contribution < -0.4 is 5.32 Å². The normalized spacial score (nSPS) is 39.5. The first-order chi connectivity index (χ1) is 22.7. The first-order valence-corrected chi connectivity index (χ1v) is 18.6. The lowest BCUT2D eigenvalue weighted by Crippen LogP contribution is -2.66. The summed E-state index contributed by atoms with van der Waals surface area (Å²) in [5, 5.41) is 12.9. The third-order valence-corrected chi connectivity index (χ3v) is 15.7. The van der Waals surface area contributed by atoms with Gasteiger partial charge in [-0.15, -0.1) is 0 Å². The van der Waals surface area contributed by atoms with Gasteiger partial charge in [0.25, 0.3) is 0 Å². The van der Waals surface area contributed by atoms with Crippen LogP contribution in [0.1, 0.15) is 121 Å². The molecule has 0 unspecified atom stereocenters. The lowest BCUT2D eigenvalue weighted by Gasteiger charge is -2.72. The first kappa shape index (κ1) is 33.3. The number of hydrogen-bond donors (Lipinski definition) is 2. The zero-order chi connectivity index (χ0) is 34.3. The number of nitrogens with zero attached hydrogens (tertiary/aromatic N) is 1. The van der Waals surface area contributed by atoms with Gasteiger partial charge in [0, 0.05) is 18.9 Å². The standard InChI is InChI=1S/C43H56N2O3/c1-27(2)31-16-21-43(38(48)45-26-28-9-8-24-44-25-28)23-22-41(6)33(36(31)43)14-15-35-40(5)19-17-32(29-10-12-30(13-11-29)37(46)47)39(3,4)34(40)18-20-42(35,41)7/h8-13,17,24-25,31,33-36H,1,14-16,18-23,26H2,2-7H3,(H,45,48)(H,46,47)/t31-,33+,34-,35+,36+,40-,41+,42+,43-/m0/s1. The average molecular weight is 649 g/mol. The topological polar surface area (TPSA) is 79.3 Å². The molecule has 0 bridgehead atoms. The van der Waals surface area contributed by atoms with Crippen molar-refractivity contribution in [3.63, 3.8) is 0 Å². The highest BCUT2D eigenvalue weighted by atomic mass is 16.4. The third kappa shape index (κ3) is 4.65. The van der Waals surface area contributed by atoms with E-state index in [-0.39, 0.29) is 33.0 Å². The van der Waals surface area contributed by atoms with Crippen molar-refractivity contribution in [1.29, 1.82) is 0 Å². The molecule has 4 saturated carbocycles. The van der Waals surface area contributed by atoms with E-state index < -0.39 is 5.97 Å². The fourth-order valence-electron chi connectivity index (χ4n) is 13.3. The number of nitrogens with one attached hydrogen (secondary N) is 1. The van der Waals surface area contributed by atoms with Gasteiger partial charge in [-0.3, -0.25) is 9.78 Å². The molecule has 1 aromatic heterocycles. The van der Waals surface area contributed by atoms with E-state index in [2.05, 4.69) is 64.5 Å². The number of carbonyl (C=O) groups excluding carboxylic acids is 1. The summed E-state index contributed by atoms with van der Waals surface area (Å²) in [5.41, 5.74) is 5.42. The second kappa shape index (κ2) is 11.4. The Bertz CT molecular complexity index is 1640. The molecule has 0 radical (unpaired) electrons. The fraction of sp³-hybridized carbons (Fsp3) is 0.605. The average Bonchev–Trinajstić information content (AvgIpc) is 3.46. The lowest BCUT2D eigenvalue weighted by molar-refractivity contribution is -0.225. The molecule has 0 aliphatic heterocycles. The maximum atomic E-state index is 14.4. The summed E-state index contributed by atoms with van der Waals surface area (Å²) < 4.78 is 0. The summed E-state index contributed by atoms with van der Waals surface area (Å²) >= 11 is 0. The predicted molar refractivity (Wildman–Crippen MR) is 192 cm³/mol. The Labute approximate surface area is 288 Å². The largest absolute Gasteiger partial charge is 0.478 e. The zero-order valence-corrected chi connectivity index (χ0v) is 30.1. The van der Waals surface area contributed by atoms with Gasteiger partial charge in [0.05, 0.1) is 11.0 Å². The second-order valence-electron chi connectivity index (χ2n) is 17.8. The minimum atomic E-state index is -0.876. The van der Waals surface area contributed by atoms with Crippen LogP contribution >= 0.6 is 0 Å². The lowest BCUT2D eigenvalue weighted by atomic mass is 9.32. The molecular formula is C43H56N2O3. The molecule has 5 heteroatoms. The van der Waals surface area contributed by atoms with Crippen LogP contribution in [0.5, 0.6) is 0 Å². The number of rotatable bonds is 6. The van der Waals surface area contributed by atoms with Gasteiger partial charge in [-0.05, 0) is 151 Å². The van der Waals surface area contributed by atoms with Crippen LogP contribution in [-0.2, 0) is 11.3 Å². The van der Waals surface area contributed by atoms with Crippen LogP contribution in [0.2, 0.25) is 0 Å². The van der Waals surface area contributed by atoms with E-state index in [0.717, 1.165) is 43.2 Å². The molecule has 4 fully saturated rings. The zero-order valence-electron chi connectivity index (χ0n) is 30.1. The minimum absolute atomic E-state index is 0.0125. The van der Waals surface area contributed by atoms with Crippen molar-refractivity contribution in [2.75, 3.05) is 0 Å². The molecule has 1 amide bonds. The van der Waals surface area contributed by atoms with Crippen LogP contribution in [0.25, 0.3) is 5.57 Å². The molecule has 256 valence electrons. The van der Waals surface area contributed by atoms with Gasteiger partial charge in [-0.1, -0.05) is 71.0 Å². The number of carbonyl (C=O) groups is 2. The van der Waals surface area contributed by atoms with E-state index in [4.69, 9.17) is 0 Å². The molecule has 2 N–H and O–H groups in total. The van der Waals surface area contributed by atoms with Crippen molar-refractivity contribution in [1.82, 2.24) is 10.3 Å². The van der Waals surface area contributed by atoms with Crippen molar-refractivity contribution < 1.29 is 14.7 Å². The van der Waals surface area contributed by atoms with Crippen LogP contribution in [0.15, 0.2) is 67.0 Å². The molecule has 0 spiro atoms. The van der Waals surface area contributed by atoms with Crippen molar-refractivity contribution in [2.45, 2.75) is 106 Å². The van der Waals surface area contributed by atoms with Crippen molar-refractivity contribution >= 4 is 17.4 Å². The Kier molecular flexibility index (Phi) is 7.92. The minimum Gasteiger partial charge on any atom is -0.478 e. The second-order valence-corrected chi connectivity index (χ2v) is 17.8. The molecular weight excluding hydrogens is 592 g/mol. The number of allylic oxidation sites excluding steroid dienone is 3. The van der Waals surface area contributed by atoms with Gasteiger partial charge in [-0.2, -0.15) is 0 Å². The Balaban J connectivity index is 1.20. The summed E-state index contributed by atoms with van der Waals surface area (Å²) in [7, 11) is 0. The van der Waals surface area contributed by atoms with Gasteiger partial charge < -0.3 is 10.4 Å². The molecule has 9 atom stereocenters. The molecule has 5 nitrogen and oxygen atoms in total. The number of pyridine rings is 1. The number of carboxylic acid groups (broad SMARTS) is 1. The molecule has 2 aromatic rings. The first-order valence-electron chi connectivity index (χ1n) is 18.6. The highest BCUT2D eigenvalue weighted by molar-refractivity contribution is 5.88. The Morgan fingerprint density at radius 2 is 1.67 bits per heavy atom. The fourth-order valence-corrected chi connectivity index (χ4v) is 13.3. The van der Waals surface area contributed by atoms with Crippen LogP contribution in [0, 0.1) is 56.7 Å². The number of fused-ring (bicyclic) bond motifs is 7. The summed E-state index contributed by atoms with van der Waals surface area (Å²) in [6.07, 6.45) is 16.2. The summed E-state index contributed by atoms with van der Waals surface area (Å²) in [6, 6.07) is 11.5. The van der Waals surface area contributed by atoms with E-state index >= 15 is 0 Å². The van der Waals surface area contributed by atoms with Gasteiger partial charge in [-0.25, -0.2) is 4.79 Å². The number of aromatic carboxylic acids is 1. The highest BCUT2D eigenvalue weighted by Crippen LogP contribution is 2.77. The Morgan fingerprint density at radius 3 is 2.33 bits per heavy atom. The van der Waals surface area contributed by atoms with Crippen LogP contribution in [-0.4, -0.2) is 22.0 Å². The number of carboxylic acids is 1. The van der Waals surface area contributed by atoms with Gasteiger partial charge in [0.2, 0.25) is 5.91 Å². The molecule has 7 rings (SSSR count). The van der Waals surface area contributed by atoms with E-state index in [1.54, 1.807) is 18.3 Å². The monoisotopic (exact) mass is 648 g/mol. The molecule has 5 aliphatic carbocycles. The summed E-state index contributed by atoms with van der Waals surface area (Å²) in [5.74, 6) is 1.81. The summed E-state index contributed by atoms with van der Waals surface area (Å²) in [6.45, 7) is 20.1. The van der Waals surface area contributed by atoms with Gasteiger partial charge in [0.15, 0.2) is 0 Å². The van der Waals surface area contributed by atoms with Gasteiger partial charge in [0.1, 0.15) is 0 Å². The van der Waals surface area contributed by atoms with Crippen molar-refractivity contribution in [3.05, 3.63) is 83.7 Å². The van der Waals surface area contributed by atoms with Gasteiger partial charge >= 0.3 is 5.97 Å². The number of hydrogen-bond acceptors (Lipinski definition) is 3. The van der Waals surface area contributed by atoms with Crippen molar-refractivity contribution in [3.8, 4) is 0 Å². The molecule has 0 saturated heterocycles. The van der Waals surface area contributed by atoms with E-state index in [1.165, 1.54) is 36.8 Å². The van der Waals surface area contributed by atoms with Crippen molar-refractivity contribution in [2.24, 2.45) is 56.7 Å². The quantitative estimate of drug-likeness (QED) is 0.306. The predicted octanol–water partition coefficient (Wildman–Crippen LogP) is 9.75.